The van der Waals surface area contributed by atoms with Crippen LogP contribution in [0, 0.1) is 13.8 Å². The molecule has 3 aromatic heterocycles. The lowest BCUT2D eigenvalue weighted by molar-refractivity contribution is -0.112. The minimum atomic E-state index is -0.742. The fourth-order valence-electron chi connectivity index (χ4n) is 3.59. The third kappa shape index (κ3) is 4.06. The number of carbonyl (C=O) groups excluding carboxylic acids is 2. The van der Waals surface area contributed by atoms with Gasteiger partial charge in [-0.1, -0.05) is 0 Å². The molecule has 0 unspecified atom stereocenters. The van der Waals surface area contributed by atoms with Crippen molar-refractivity contribution in [2.45, 2.75) is 20.4 Å². The third-order valence-electron chi connectivity index (χ3n) is 5.13. The number of ether oxygens (including phenoxy) is 2. The molecule has 1 N–H and O–H groups in total. The normalized spacial score (nSPS) is 10.9. The topological polar surface area (TPSA) is 95.3 Å². The van der Waals surface area contributed by atoms with Gasteiger partial charge in [-0.15, -0.1) is 11.3 Å². The highest BCUT2D eigenvalue weighted by Crippen LogP contribution is 2.31. The van der Waals surface area contributed by atoms with Gasteiger partial charge in [0.05, 0.1) is 26.3 Å². The molecule has 32 heavy (non-hydrogen) atoms. The molecule has 0 saturated carbocycles. The fourth-order valence-corrected chi connectivity index (χ4v) is 4.35. The van der Waals surface area contributed by atoms with Crippen LogP contribution in [0.4, 0.5) is 5.69 Å². The molecular weight excluding hydrogens is 428 g/mol. The largest absolute Gasteiger partial charge is 0.497 e. The van der Waals surface area contributed by atoms with E-state index in [1.54, 1.807) is 36.6 Å². The summed E-state index contributed by atoms with van der Waals surface area (Å²) in [6, 6.07) is 8.65. The number of Topliss-reactive ketones (excluding diaryl/α,β-unsaturated/α-hetero) is 1. The first-order valence-corrected chi connectivity index (χ1v) is 10.7. The Morgan fingerprint density at radius 1 is 1.12 bits per heavy atom. The zero-order valence-corrected chi connectivity index (χ0v) is 18.9. The lowest BCUT2D eigenvalue weighted by Gasteiger charge is -2.07. The van der Waals surface area contributed by atoms with E-state index >= 15 is 0 Å². The van der Waals surface area contributed by atoms with Gasteiger partial charge in [0.25, 0.3) is 11.7 Å². The van der Waals surface area contributed by atoms with Gasteiger partial charge in [0.1, 0.15) is 10.8 Å². The number of thiazole rings is 1. The number of aryl methyl sites for hydroxylation is 1. The molecule has 4 aromatic rings. The highest BCUT2D eigenvalue weighted by Gasteiger charge is 2.26. The minimum Gasteiger partial charge on any atom is -0.497 e. The summed E-state index contributed by atoms with van der Waals surface area (Å²) in [5.74, 6) is -0.432. The van der Waals surface area contributed by atoms with Gasteiger partial charge >= 0.3 is 0 Å². The lowest BCUT2D eigenvalue weighted by Crippen LogP contribution is -2.23. The molecule has 0 bridgehead atoms. The van der Waals surface area contributed by atoms with Crippen LogP contribution in [0.1, 0.15) is 26.8 Å². The Hall–Kier alpha value is -3.72. The maximum Gasteiger partial charge on any atom is 0.296 e. The van der Waals surface area contributed by atoms with Crippen molar-refractivity contribution in [3.05, 3.63) is 63.9 Å². The Bertz CT molecular complexity index is 1330. The third-order valence-corrected chi connectivity index (χ3v) is 6.08. The number of amides is 1. The Morgan fingerprint density at radius 3 is 2.62 bits per heavy atom. The molecule has 164 valence electrons. The second kappa shape index (κ2) is 8.80. The number of benzene rings is 1. The SMILES string of the molecule is COc1ccc2c(c1)c(C(=O)C(=O)Nc1ccnc(OC)c1)c(C)n2Cc1nc(C)cs1. The maximum atomic E-state index is 13.3. The number of anilines is 1. The lowest BCUT2D eigenvalue weighted by atomic mass is 10.1. The van der Waals surface area contributed by atoms with E-state index in [4.69, 9.17) is 9.47 Å². The van der Waals surface area contributed by atoms with Gasteiger partial charge < -0.3 is 19.4 Å². The first kappa shape index (κ1) is 21.5. The first-order valence-electron chi connectivity index (χ1n) is 9.84. The van der Waals surface area contributed by atoms with Crippen molar-refractivity contribution in [3.8, 4) is 11.6 Å². The summed E-state index contributed by atoms with van der Waals surface area (Å²) in [6.45, 7) is 4.28. The van der Waals surface area contributed by atoms with Crippen LogP contribution < -0.4 is 14.8 Å². The van der Waals surface area contributed by atoms with Gasteiger partial charge in [-0.3, -0.25) is 9.59 Å². The number of rotatable bonds is 7. The van der Waals surface area contributed by atoms with Crippen LogP contribution in [0.2, 0.25) is 0 Å². The summed E-state index contributed by atoms with van der Waals surface area (Å²) in [5.41, 5.74) is 3.23. The van der Waals surface area contributed by atoms with Gasteiger partial charge in [0.15, 0.2) is 0 Å². The summed E-state index contributed by atoms with van der Waals surface area (Å²) in [6.07, 6.45) is 1.50. The molecule has 4 rings (SSSR count). The van der Waals surface area contributed by atoms with E-state index < -0.39 is 11.7 Å². The Kier molecular flexibility index (Phi) is 5.91. The van der Waals surface area contributed by atoms with Crippen LogP contribution in [0.3, 0.4) is 0 Å². The highest BCUT2D eigenvalue weighted by atomic mass is 32.1. The molecule has 9 heteroatoms. The van der Waals surface area contributed by atoms with Crippen molar-refractivity contribution < 1.29 is 19.1 Å². The smallest absolute Gasteiger partial charge is 0.296 e. The highest BCUT2D eigenvalue weighted by molar-refractivity contribution is 7.09. The van der Waals surface area contributed by atoms with Crippen molar-refractivity contribution in [2.24, 2.45) is 0 Å². The quantitative estimate of drug-likeness (QED) is 0.338. The molecule has 0 spiro atoms. The number of hydrogen-bond acceptors (Lipinski definition) is 7. The monoisotopic (exact) mass is 450 g/mol. The number of nitrogens with zero attached hydrogens (tertiary/aromatic N) is 3. The molecule has 8 nitrogen and oxygen atoms in total. The molecular formula is C23H22N4O4S. The summed E-state index contributed by atoms with van der Waals surface area (Å²) >= 11 is 1.56. The predicted octanol–water partition coefficient (Wildman–Crippen LogP) is 4.00. The summed E-state index contributed by atoms with van der Waals surface area (Å²) in [4.78, 5) is 34.7. The number of nitrogens with one attached hydrogen (secondary N) is 1. The second-order valence-corrected chi connectivity index (χ2v) is 8.13. The second-order valence-electron chi connectivity index (χ2n) is 7.18. The summed E-state index contributed by atoms with van der Waals surface area (Å²) in [7, 11) is 3.04. The average molecular weight is 451 g/mol. The van der Waals surface area contributed by atoms with Crippen molar-refractivity contribution in [1.82, 2.24) is 14.5 Å². The van der Waals surface area contributed by atoms with Crippen LogP contribution in [0.15, 0.2) is 41.9 Å². The number of ketones is 1. The van der Waals surface area contributed by atoms with E-state index in [2.05, 4.69) is 15.3 Å². The van der Waals surface area contributed by atoms with Crippen LogP contribution >= 0.6 is 11.3 Å². The predicted molar refractivity (Wildman–Crippen MR) is 123 cm³/mol. The molecule has 0 aliphatic rings. The number of fused-ring (bicyclic) bond motifs is 1. The first-order chi connectivity index (χ1) is 15.4. The Balaban J connectivity index is 1.75. The number of hydrogen-bond donors (Lipinski definition) is 1. The fraction of sp³-hybridized carbons (Fsp3) is 0.217. The molecule has 0 aliphatic heterocycles. The number of aromatic nitrogens is 3. The van der Waals surface area contributed by atoms with Crippen molar-refractivity contribution in [2.75, 3.05) is 19.5 Å². The molecule has 3 heterocycles. The molecule has 0 atom stereocenters. The Morgan fingerprint density at radius 2 is 1.94 bits per heavy atom. The van der Waals surface area contributed by atoms with Crippen LogP contribution in [-0.4, -0.2) is 40.4 Å². The van der Waals surface area contributed by atoms with Crippen LogP contribution in [-0.2, 0) is 11.3 Å². The van der Waals surface area contributed by atoms with E-state index in [1.165, 1.54) is 13.3 Å². The molecule has 0 radical (unpaired) electrons. The summed E-state index contributed by atoms with van der Waals surface area (Å²) < 4.78 is 12.4. The molecule has 1 amide bonds. The van der Waals surface area contributed by atoms with Crippen LogP contribution in [0.5, 0.6) is 11.6 Å². The standard InChI is InChI=1S/C23H22N4O4S/c1-13-12-32-20(25-13)11-27-14(2)21(17-10-16(30-3)5-6-18(17)27)22(28)23(29)26-15-7-8-24-19(9-15)31-4/h5-10,12H,11H2,1-4H3,(H,24,26,29). The Labute approximate surface area is 188 Å². The minimum absolute atomic E-state index is 0.339. The van der Waals surface area contributed by atoms with Gasteiger partial charge in [-0.2, -0.15) is 0 Å². The molecule has 0 aliphatic carbocycles. The van der Waals surface area contributed by atoms with Gasteiger partial charge in [0.2, 0.25) is 5.88 Å². The molecule has 0 saturated heterocycles. The van der Waals surface area contributed by atoms with Crippen molar-refractivity contribution in [1.29, 1.82) is 0 Å². The van der Waals surface area contributed by atoms with E-state index in [1.807, 2.05) is 35.9 Å². The average Bonchev–Trinajstić information content (AvgIpc) is 3.33. The zero-order chi connectivity index (χ0) is 22.8. The number of methoxy groups -OCH3 is 2. The van der Waals surface area contributed by atoms with Gasteiger partial charge in [-0.25, -0.2) is 9.97 Å². The van der Waals surface area contributed by atoms with E-state index in [9.17, 15) is 9.59 Å². The summed E-state index contributed by atoms with van der Waals surface area (Å²) in [5, 5.41) is 6.20. The van der Waals surface area contributed by atoms with Crippen molar-refractivity contribution in [3.63, 3.8) is 0 Å². The van der Waals surface area contributed by atoms with Crippen molar-refractivity contribution >= 4 is 39.6 Å². The van der Waals surface area contributed by atoms with Crippen LogP contribution in [0.25, 0.3) is 10.9 Å². The van der Waals surface area contributed by atoms with Gasteiger partial charge in [0, 0.05) is 45.6 Å². The van der Waals surface area contributed by atoms with E-state index in [-0.39, 0.29) is 0 Å². The number of carbonyl (C=O) groups is 2. The molecule has 1 aromatic carbocycles. The van der Waals surface area contributed by atoms with E-state index in [0.29, 0.717) is 40.5 Å². The van der Waals surface area contributed by atoms with Gasteiger partial charge in [-0.05, 0) is 38.1 Å². The number of pyridine rings is 1. The van der Waals surface area contributed by atoms with E-state index in [0.717, 1.165) is 16.2 Å². The maximum absolute atomic E-state index is 13.3. The zero-order valence-electron chi connectivity index (χ0n) is 18.1. The molecule has 0 fully saturated rings.